The zero-order chi connectivity index (χ0) is 98.4. The fraction of sp³-hybridized carbons (Fsp3) is 0.391. The van der Waals surface area contributed by atoms with E-state index in [0.717, 1.165) is 291 Å². The van der Waals surface area contributed by atoms with Gasteiger partial charge in [-0.15, -0.1) is 0 Å². The predicted molar refractivity (Wildman–Crippen MR) is 585 cm³/mol. The molecule has 0 spiro atoms. The number of aryl methyl sites for hydroxylation is 9. The first-order valence-electron chi connectivity index (χ1n) is 48.5. The summed E-state index contributed by atoms with van der Waals surface area (Å²) in [5.41, 5.74) is 35.0. The van der Waals surface area contributed by atoms with Gasteiger partial charge in [0.25, 0.3) is 0 Å². The van der Waals surface area contributed by atoms with Gasteiger partial charge in [0, 0.05) is 238 Å². The van der Waals surface area contributed by atoms with Gasteiger partial charge in [-0.2, -0.15) is 0 Å². The fourth-order valence-corrected chi connectivity index (χ4v) is 27.5. The molecule has 6 fully saturated rings. The molecule has 30 heteroatoms. The molecule has 20 rings (SSSR count). The second-order valence-corrected chi connectivity index (χ2v) is 47.3. The van der Waals surface area contributed by atoms with Gasteiger partial charge in [0.2, 0.25) is 29.5 Å². The van der Waals surface area contributed by atoms with E-state index in [2.05, 4.69) is 197 Å². The van der Waals surface area contributed by atoms with Crippen LogP contribution in [0.5, 0.6) is 0 Å². The number of rotatable bonds is 10. The lowest BCUT2D eigenvalue weighted by atomic mass is 9.76. The minimum absolute atomic E-state index is 0.139. The molecule has 5 amide bonds. The number of piperidine rings is 6. The van der Waals surface area contributed by atoms with Gasteiger partial charge in [0.1, 0.15) is 14.1 Å². The van der Waals surface area contributed by atoms with Crippen LogP contribution in [0.2, 0.25) is 20.1 Å². The fourth-order valence-electron chi connectivity index (χ4n) is 22.0. The van der Waals surface area contributed by atoms with Gasteiger partial charge in [-0.1, -0.05) is 124 Å². The van der Waals surface area contributed by atoms with Gasteiger partial charge in [0.05, 0.1) is 46.5 Å². The van der Waals surface area contributed by atoms with Crippen LogP contribution < -0.4 is 14.9 Å². The number of carbonyl (C=O) groups excluding carboxylic acids is 5. The van der Waals surface area contributed by atoms with Crippen molar-refractivity contribution in [3.63, 3.8) is 0 Å². The molecule has 18 nitrogen and oxygen atoms in total. The Morgan fingerprint density at radius 3 is 1.09 bits per heavy atom. The third-order valence-corrected chi connectivity index (χ3v) is 35.2. The van der Waals surface area contributed by atoms with Gasteiger partial charge >= 0.3 is 0 Å². The Labute approximate surface area is 908 Å². The van der Waals surface area contributed by atoms with Gasteiger partial charge in [0.15, 0.2) is 24.8 Å². The highest BCUT2D eigenvalue weighted by atomic mass is 79.9. The van der Waals surface area contributed by atoms with Crippen LogP contribution in [-0.2, 0) is 102 Å². The molecule has 6 aromatic heterocycles. The lowest BCUT2D eigenvalue weighted by Gasteiger charge is -2.38. The molecule has 10 aromatic rings. The number of carbonyl (C=O) groups is 5. The monoisotopic (exact) mass is 2470 g/mol. The van der Waals surface area contributed by atoms with Crippen LogP contribution in [0, 0.1) is 17.8 Å². The van der Waals surface area contributed by atoms with Gasteiger partial charge in [-0.05, 0) is 354 Å². The molecule has 6 aliphatic heterocycles. The molecule has 0 saturated carbocycles. The molecule has 4 aliphatic carbocycles. The van der Waals surface area contributed by atoms with E-state index in [1.165, 1.54) is 106 Å². The van der Waals surface area contributed by atoms with Crippen molar-refractivity contribution in [2.24, 2.45) is 37.6 Å². The zero-order valence-corrected chi connectivity index (χ0v) is 94.6. The van der Waals surface area contributed by atoms with Crippen molar-refractivity contribution in [1.82, 2.24) is 49.3 Å². The summed E-state index contributed by atoms with van der Waals surface area (Å²) < 4.78 is 12.0. The molecule has 140 heavy (non-hydrogen) atoms. The van der Waals surface area contributed by atoms with Crippen LogP contribution in [0.15, 0.2) is 212 Å². The van der Waals surface area contributed by atoms with Crippen molar-refractivity contribution in [2.45, 2.75) is 167 Å². The maximum atomic E-state index is 13.2. The molecular weight excluding hydrogens is 2360 g/mol. The van der Waals surface area contributed by atoms with Crippen LogP contribution in [-0.4, -0.2) is 157 Å². The summed E-state index contributed by atoms with van der Waals surface area (Å²) in [6.45, 7) is 14.8. The molecule has 730 valence electrons. The SMILES string of the molecule is C=C(N)N1CCC(CC(=O)N2CCC(=C3c4ncc(Br)cc4CCc4cc(Cl)cc(Br)c43)CC2)CC1.CC(=O)N1CCC(CC(=O)N2CCC(C3c4ccc(Cl)c(Br)c4CCc4cc(Br)cnc43)CC2)CC1.C[n+]1ccc(CC(=O)N2CCC(=C3c4ncc(Br)cc4CCc4cc(Cl)cc(Br)c43)CC2)cc1.C[n+]1ccc(CC(=O)N2CCC(=C3c4ncc(Br)cc4CCc4cc(Cl)cc(Br)c43)CC2)cc1. The first-order valence-corrected chi connectivity index (χ1v) is 56.4. The minimum atomic E-state index is 0.139. The van der Waals surface area contributed by atoms with Crippen LogP contribution >= 0.6 is 174 Å². The number of nitrogens with zero attached hydrogens (tertiary/aromatic N) is 12. The Morgan fingerprint density at radius 2 is 0.714 bits per heavy atom. The smallest absolute Gasteiger partial charge is 0.227 e. The first kappa shape index (κ1) is 104. The van der Waals surface area contributed by atoms with E-state index in [1.54, 1.807) is 6.92 Å². The highest BCUT2D eigenvalue weighted by Gasteiger charge is 2.40. The number of halogens is 12. The number of likely N-dealkylation sites (tertiary alicyclic amines) is 6. The summed E-state index contributed by atoms with van der Waals surface area (Å²) in [7, 11) is 3.96. The maximum absolute atomic E-state index is 13.2. The topological polar surface area (TPSA) is 190 Å². The van der Waals surface area contributed by atoms with E-state index < -0.39 is 0 Å². The maximum Gasteiger partial charge on any atom is 0.227 e. The van der Waals surface area contributed by atoms with E-state index in [4.69, 9.17) is 72.1 Å². The molecule has 0 bridgehead atoms. The summed E-state index contributed by atoms with van der Waals surface area (Å²) >= 11 is 55.3. The third kappa shape index (κ3) is 24.8. The number of pyridine rings is 6. The van der Waals surface area contributed by atoms with Crippen LogP contribution in [0.3, 0.4) is 0 Å². The lowest BCUT2D eigenvalue weighted by Crippen LogP contribution is -2.42. The van der Waals surface area contributed by atoms with Crippen LogP contribution in [0.4, 0.5) is 0 Å². The highest BCUT2D eigenvalue weighted by molar-refractivity contribution is 9.11. The van der Waals surface area contributed by atoms with Crippen molar-refractivity contribution in [3.05, 3.63) is 332 Å². The standard InChI is InChI=1S/C28H31Br2ClN4O.C28H32Br2ClN3O2.2C27H25Br2ClN3O/c1-17(32)34-8-4-18(5-9-34)12-25(36)35-10-6-19(7-11-35)27-26-20(14-23(31)15-24(26)30)2-3-21-13-22(29)16-33-28(21)27;1-17(35)33-10-6-18(7-11-33)14-25(36)34-12-8-19(9-13-34)26-22-4-5-24(31)27(30)23(22)3-2-20-15-21(29)16-32-28(20)26;2*1-32-8-4-17(5-9-32)12-24(34)33-10-6-18(7-11-33)26-25-19(14-22(30)15-23(25)29)2-3-20-13-21(28)16-31-27(20)26/h13-16,18H,1-12,32H2;4-5,15-16,18-19,26H,2-3,6-14H2,1H3;2*4-5,8-9,13-16H,2-3,6-7,10-12H2,1H3/q;;2*+1. The summed E-state index contributed by atoms with van der Waals surface area (Å²) in [6, 6.07) is 33.2. The van der Waals surface area contributed by atoms with Crippen molar-refractivity contribution in [3.8, 4) is 0 Å². The summed E-state index contributed by atoms with van der Waals surface area (Å²) in [5.74, 6) is 3.14. The minimum Gasteiger partial charge on any atom is -0.386 e. The second-order valence-electron chi connectivity index (χ2n) is 38.5. The summed E-state index contributed by atoms with van der Waals surface area (Å²) in [6.07, 6.45) is 35.8. The van der Waals surface area contributed by atoms with E-state index in [0.29, 0.717) is 49.3 Å². The molecular formula is C110H113Br8Cl4N13O5+2. The van der Waals surface area contributed by atoms with Crippen molar-refractivity contribution < 1.29 is 33.1 Å². The molecule has 1 atom stereocenters. The number of aromatic nitrogens is 6. The number of benzene rings is 4. The number of amides is 5. The number of hydrogen-bond donors (Lipinski definition) is 1. The molecule has 12 heterocycles. The third-order valence-electron chi connectivity index (χ3n) is 29.5. The molecule has 10 aliphatic rings. The highest BCUT2D eigenvalue weighted by Crippen LogP contribution is 2.50. The number of fused-ring (bicyclic) bond motifs is 8. The quantitative estimate of drug-likeness (QED) is 0.128. The number of hydrogen-bond acceptors (Lipinski definition) is 11. The average molecular weight is 2480 g/mol. The lowest BCUT2D eigenvalue weighted by molar-refractivity contribution is -0.671. The zero-order valence-electron chi connectivity index (χ0n) is 78.8. The predicted octanol–water partition coefficient (Wildman–Crippen LogP) is 24.4. The molecule has 0 radical (unpaired) electrons. The van der Waals surface area contributed by atoms with E-state index >= 15 is 0 Å². The van der Waals surface area contributed by atoms with Crippen molar-refractivity contribution in [2.75, 3.05) is 78.5 Å². The Morgan fingerprint density at radius 1 is 0.386 bits per heavy atom. The van der Waals surface area contributed by atoms with E-state index in [1.807, 2.05) is 136 Å². The van der Waals surface area contributed by atoms with Gasteiger partial charge in [-0.25, -0.2) is 9.13 Å². The van der Waals surface area contributed by atoms with Gasteiger partial charge < -0.3 is 35.1 Å². The Balaban J connectivity index is 0.000000129. The molecule has 6 saturated heterocycles. The molecule has 4 aromatic carbocycles. The normalized spacial score (nSPS) is 17.8. The molecule has 1 unspecified atom stereocenters. The van der Waals surface area contributed by atoms with Crippen LogP contribution in [0.25, 0.3) is 16.7 Å². The Bertz CT molecular complexity index is 6320. The van der Waals surface area contributed by atoms with E-state index in [9.17, 15) is 24.0 Å². The van der Waals surface area contributed by atoms with Crippen molar-refractivity contribution in [1.29, 1.82) is 0 Å². The summed E-state index contributed by atoms with van der Waals surface area (Å²) in [4.78, 5) is 95.6. The Kier molecular flexibility index (Phi) is 35.0. The Hall–Kier alpha value is -7.31. The largest absolute Gasteiger partial charge is 0.386 e. The first-order chi connectivity index (χ1) is 67.4. The van der Waals surface area contributed by atoms with E-state index in [-0.39, 0.29) is 35.5 Å². The average Bonchev–Trinajstić information content (AvgIpc) is 1.59. The second kappa shape index (κ2) is 47.0. The van der Waals surface area contributed by atoms with Gasteiger partial charge in [-0.3, -0.25) is 43.9 Å². The molecule has 2 N–H and O–H groups in total. The van der Waals surface area contributed by atoms with Crippen molar-refractivity contribution >= 4 is 220 Å². The summed E-state index contributed by atoms with van der Waals surface area (Å²) in [5, 5.41) is 2.98. The van der Waals surface area contributed by atoms with Crippen LogP contribution in [0.1, 0.15) is 203 Å². The number of nitrogens with two attached hydrogens (primary N) is 1.